The summed E-state index contributed by atoms with van der Waals surface area (Å²) < 4.78 is 0. The number of amides is 1. The normalized spacial score (nSPS) is 10.1. The lowest BCUT2D eigenvalue weighted by atomic mass is 10.2. The Morgan fingerprint density at radius 1 is 1.28 bits per heavy atom. The summed E-state index contributed by atoms with van der Waals surface area (Å²) in [7, 11) is 0. The van der Waals surface area contributed by atoms with E-state index in [2.05, 4.69) is 0 Å². The maximum Gasteiger partial charge on any atom is 0.323 e. The number of nitrogens with zero attached hydrogens (tertiary/aromatic N) is 1. The minimum atomic E-state index is -1.07. The van der Waals surface area contributed by atoms with E-state index in [4.69, 9.17) is 5.11 Å². The summed E-state index contributed by atoms with van der Waals surface area (Å²) in [5, 5.41) is 18.0. The van der Waals surface area contributed by atoms with E-state index in [0.29, 0.717) is 11.4 Å². The van der Waals surface area contributed by atoms with Crippen molar-refractivity contribution in [3.63, 3.8) is 0 Å². The molecule has 1 aromatic carbocycles. The molecule has 6 heteroatoms. The highest BCUT2D eigenvalue weighted by Crippen LogP contribution is 2.19. The third-order valence-electron chi connectivity index (χ3n) is 2.28. The molecule has 0 saturated heterocycles. The van der Waals surface area contributed by atoms with Gasteiger partial charge in [-0.15, -0.1) is 0 Å². The summed E-state index contributed by atoms with van der Waals surface area (Å²) in [4.78, 5) is 23.9. The maximum atomic E-state index is 11.9. The highest BCUT2D eigenvalue weighted by atomic mass is 32.2. The van der Waals surface area contributed by atoms with Gasteiger partial charge in [0.05, 0.1) is 0 Å². The van der Waals surface area contributed by atoms with Crippen LogP contribution in [0.3, 0.4) is 0 Å². The Labute approximate surface area is 109 Å². The van der Waals surface area contributed by atoms with Crippen molar-refractivity contribution in [2.24, 2.45) is 0 Å². The molecule has 5 nitrogen and oxygen atoms in total. The zero-order valence-corrected chi connectivity index (χ0v) is 10.8. The molecule has 0 bridgehead atoms. The molecule has 0 heterocycles. The topological polar surface area (TPSA) is 77.8 Å². The number of rotatable bonds is 6. The third kappa shape index (κ3) is 4.29. The Morgan fingerprint density at radius 3 is 2.39 bits per heavy atom. The number of carbonyl (C=O) groups is 2. The standard InChI is InChI=1S/C12H15NO4S/c1-18-7-6-11(15)13(8-12(16)17)9-2-4-10(14)5-3-9/h2-5,14H,6-8H2,1H3,(H,16,17). The van der Waals surface area contributed by atoms with E-state index in [0.717, 1.165) is 0 Å². The number of hydrogen-bond donors (Lipinski definition) is 2. The van der Waals surface area contributed by atoms with Gasteiger partial charge < -0.3 is 15.1 Å². The number of benzene rings is 1. The summed E-state index contributed by atoms with van der Waals surface area (Å²) in [6.45, 7) is -0.377. The zero-order chi connectivity index (χ0) is 13.5. The number of aliphatic carboxylic acids is 1. The van der Waals surface area contributed by atoms with Gasteiger partial charge in [-0.1, -0.05) is 0 Å². The van der Waals surface area contributed by atoms with Crippen LogP contribution in [-0.2, 0) is 9.59 Å². The molecule has 0 aromatic heterocycles. The lowest BCUT2D eigenvalue weighted by molar-refractivity contribution is -0.136. The van der Waals surface area contributed by atoms with Crippen molar-refractivity contribution in [3.8, 4) is 5.75 Å². The molecular formula is C12H15NO4S. The van der Waals surface area contributed by atoms with Gasteiger partial charge in [-0.25, -0.2) is 0 Å². The van der Waals surface area contributed by atoms with Crippen LogP contribution in [-0.4, -0.2) is 40.6 Å². The fourth-order valence-corrected chi connectivity index (χ4v) is 1.79. The van der Waals surface area contributed by atoms with E-state index in [1.165, 1.54) is 40.9 Å². The number of carboxylic acids is 1. The van der Waals surface area contributed by atoms with Crippen LogP contribution >= 0.6 is 11.8 Å². The van der Waals surface area contributed by atoms with Crippen LogP contribution in [0.15, 0.2) is 24.3 Å². The number of phenolic OH excluding ortho intramolecular Hbond substituents is 1. The van der Waals surface area contributed by atoms with Gasteiger partial charge >= 0.3 is 5.97 Å². The number of aromatic hydroxyl groups is 1. The third-order valence-corrected chi connectivity index (χ3v) is 2.89. The average molecular weight is 269 g/mol. The van der Waals surface area contributed by atoms with E-state index >= 15 is 0 Å². The monoisotopic (exact) mass is 269 g/mol. The maximum absolute atomic E-state index is 11.9. The molecule has 2 N–H and O–H groups in total. The van der Waals surface area contributed by atoms with Gasteiger partial charge in [0, 0.05) is 17.9 Å². The molecule has 1 aromatic rings. The van der Waals surface area contributed by atoms with Crippen molar-refractivity contribution in [1.29, 1.82) is 0 Å². The van der Waals surface area contributed by atoms with Crippen LogP contribution in [0.4, 0.5) is 5.69 Å². The van der Waals surface area contributed by atoms with Crippen LogP contribution in [0.5, 0.6) is 5.75 Å². The molecule has 0 radical (unpaired) electrons. The SMILES string of the molecule is CSCCC(=O)N(CC(=O)O)c1ccc(O)cc1. The highest BCUT2D eigenvalue weighted by molar-refractivity contribution is 7.98. The number of thioether (sulfide) groups is 1. The first-order valence-corrected chi connectivity index (χ1v) is 6.74. The molecule has 0 aliphatic rings. The van der Waals surface area contributed by atoms with Gasteiger partial charge in [-0.2, -0.15) is 11.8 Å². The Kier molecular flexibility index (Phi) is 5.51. The fraction of sp³-hybridized carbons (Fsp3) is 0.333. The van der Waals surface area contributed by atoms with Crippen LogP contribution in [0.2, 0.25) is 0 Å². The van der Waals surface area contributed by atoms with Crippen LogP contribution < -0.4 is 4.90 Å². The largest absolute Gasteiger partial charge is 0.508 e. The molecule has 98 valence electrons. The van der Waals surface area contributed by atoms with E-state index < -0.39 is 5.97 Å². The van der Waals surface area contributed by atoms with E-state index in [1.807, 2.05) is 6.26 Å². The summed E-state index contributed by atoms with van der Waals surface area (Å²) in [5.41, 5.74) is 0.473. The quantitative estimate of drug-likeness (QED) is 0.819. The Hall–Kier alpha value is -1.69. The molecule has 0 aliphatic heterocycles. The van der Waals surface area contributed by atoms with Gasteiger partial charge in [-0.05, 0) is 30.5 Å². The van der Waals surface area contributed by atoms with Gasteiger partial charge in [0.2, 0.25) is 5.91 Å². The Balaban J connectivity index is 2.86. The first kappa shape index (κ1) is 14.4. The van der Waals surface area contributed by atoms with Crippen molar-refractivity contribution in [2.75, 3.05) is 23.5 Å². The molecule has 1 amide bonds. The number of phenols is 1. The molecule has 0 aliphatic carbocycles. The number of hydrogen-bond acceptors (Lipinski definition) is 4. The lowest BCUT2D eigenvalue weighted by Crippen LogP contribution is -2.35. The first-order chi connectivity index (χ1) is 8.54. The van der Waals surface area contributed by atoms with E-state index in [9.17, 15) is 14.7 Å². The van der Waals surface area contributed by atoms with Crippen LogP contribution in [0.25, 0.3) is 0 Å². The second-order valence-corrected chi connectivity index (χ2v) is 4.62. The Morgan fingerprint density at radius 2 is 1.89 bits per heavy atom. The molecule has 0 fully saturated rings. The smallest absolute Gasteiger partial charge is 0.323 e. The molecule has 1 rings (SSSR count). The number of carbonyl (C=O) groups excluding carboxylic acids is 1. The van der Waals surface area contributed by atoms with Crippen molar-refractivity contribution in [1.82, 2.24) is 0 Å². The average Bonchev–Trinajstić information content (AvgIpc) is 2.34. The minimum absolute atomic E-state index is 0.0746. The van der Waals surface area contributed by atoms with Gasteiger partial charge in [-0.3, -0.25) is 9.59 Å². The molecule has 0 unspecified atom stereocenters. The summed E-state index contributed by atoms with van der Waals surface area (Å²) in [5.74, 6) is -0.587. The minimum Gasteiger partial charge on any atom is -0.508 e. The van der Waals surface area contributed by atoms with Gasteiger partial charge in [0.25, 0.3) is 0 Å². The van der Waals surface area contributed by atoms with E-state index in [-0.39, 0.29) is 24.6 Å². The van der Waals surface area contributed by atoms with Crippen molar-refractivity contribution >= 4 is 29.3 Å². The Bertz CT molecular complexity index is 419. The zero-order valence-electron chi connectivity index (χ0n) is 10.00. The molecular weight excluding hydrogens is 254 g/mol. The molecule has 0 spiro atoms. The fourth-order valence-electron chi connectivity index (χ4n) is 1.42. The van der Waals surface area contributed by atoms with Crippen molar-refractivity contribution in [2.45, 2.75) is 6.42 Å². The number of anilines is 1. The number of carboxylic acid groups (broad SMARTS) is 1. The van der Waals surface area contributed by atoms with E-state index in [1.54, 1.807) is 0 Å². The van der Waals surface area contributed by atoms with Crippen molar-refractivity contribution < 1.29 is 19.8 Å². The summed E-state index contributed by atoms with van der Waals surface area (Å²) >= 11 is 1.53. The summed E-state index contributed by atoms with van der Waals surface area (Å²) in [6, 6.07) is 5.89. The second kappa shape index (κ2) is 6.90. The highest BCUT2D eigenvalue weighted by Gasteiger charge is 2.18. The lowest BCUT2D eigenvalue weighted by Gasteiger charge is -2.20. The first-order valence-electron chi connectivity index (χ1n) is 5.34. The van der Waals surface area contributed by atoms with Crippen LogP contribution in [0.1, 0.15) is 6.42 Å². The van der Waals surface area contributed by atoms with Crippen LogP contribution in [0, 0.1) is 0 Å². The predicted octanol–water partition coefficient (Wildman–Crippen LogP) is 1.56. The van der Waals surface area contributed by atoms with Gasteiger partial charge in [0.15, 0.2) is 0 Å². The molecule has 0 atom stereocenters. The molecule has 18 heavy (non-hydrogen) atoms. The summed E-state index contributed by atoms with van der Waals surface area (Å²) in [6.07, 6.45) is 2.17. The van der Waals surface area contributed by atoms with Crippen molar-refractivity contribution in [3.05, 3.63) is 24.3 Å². The second-order valence-electron chi connectivity index (χ2n) is 3.63. The predicted molar refractivity (Wildman–Crippen MR) is 71.1 cm³/mol. The molecule has 0 saturated carbocycles. The van der Waals surface area contributed by atoms with Gasteiger partial charge in [0.1, 0.15) is 12.3 Å².